The molecule has 156 valence electrons. The standard InChI is InChI=1S/C21H26N2O5S/c1-28-18-9-6-15(7-10-18)12-13-22-19-11-8-16(21(24)25)14-20(19)29(26,27)23-17-4-2-3-5-17/h6-11,14,17,22-23H,2-5,12-13H2,1H3,(H,24,25). The molecule has 1 aliphatic rings. The van der Waals surface area contributed by atoms with Crippen LogP contribution in [0.15, 0.2) is 47.4 Å². The molecule has 0 saturated heterocycles. The fraction of sp³-hybridized carbons (Fsp3) is 0.381. The van der Waals surface area contributed by atoms with Gasteiger partial charge in [-0.2, -0.15) is 0 Å². The smallest absolute Gasteiger partial charge is 0.335 e. The number of anilines is 1. The van der Waals surface area contributed by atoms with Crippen LogP contribution < -0.4 is 14.8 Å². The molecule has 0 heterocycles. The fourth-order valence-electron chi connectivity index (χ4n) is 3.48. The number of sulfonamides is 1. The SMILES string of the molecule is COc1ccc(CCNc2ccc(C(=O)O)cc2S(=O)(=O)NC2CCCC2)cc1. The number of hydrogen-bond donors (Lipinski definition) is 3. The number of benzene rings is 2. The van der Waals surface area contributed by atoms with Crippen LogP contribution in [0.4, 0.5) is 5.69 Å². The highest BCUT2D eigenvalue weighted by Gasteiger charge is 2.26. The second-order valence-corrected chi connectivity index (χ2v) is 8.83. The number of nitrogens with one attached hydrogen (secondary N) is 2. The van der Waals surface area contributed by atoms with Gasteiger partial charge in [0.1, 0.15) is 10.6 Å². The molecular formula is C21H26N2O5S. The second-order valence-electron chi connectivity index (χ2n) is 7.14. The minimum Gasteiger partial charge on any atom is -0.497 e. The average molecular weight is 419 g/mol. The van der Waals surface area contributed by atoms with Gasteiger partial charge in [0, 0.05) is 12.6 Å². The first-order valence-electron chi connectivity index (χ1n) is 9.65. The lowest BCUT2D eigenvalue weighted by Crippen LogP contribution is -2.33. The van der Waals surface area contributed by atoms with E-state index >= 15 is 0 Å². The van der Waals surface area contributed by atoms with Gasteiger partial charge >= 0.3 is 5.97 Å². The average Bonchev–Trinajstić information content (AvgIpc) is 3.20. The Morgan fingerprint density at radius 2 is 1.83 bits per heavy atom. The van der Waals surface area contributed by atoms with E-state index in [9.17, 15) is 18.3 Å². The number of carboxylic acid groups (broad SMARTS) is 1. The van der Waals surface area contributed by atoms with E-state index in [1.165, 1.54) is 18.2 Å². The van der Waals surface area contributed by atoms with Crippen molar-refractivity contribution >= 4 is 21.7 Å². The fourth-order valence-corrected chi connectivity index (χ4v) is 5.00. The van der Waals surface area contributed by atoms with E-state index in [1.54, 1.807) is 7.11 Å². The van der Waals surface area contributed by atoms with Crippen LogP contribution in [0.5, 0.6) is 5.75 Å². The number of methoxy groups -OCH3 is 1. The first-order valence-corrected chi connectivity index (χ1v) is 11.1. The molecule has 2 aromatic rings. The molecule has 0 radical (unpaired) electrons. The molecule has 1 aliphatic carbocycles. The predicted octanol–water partition coefficient (Wildman–Crippen LogP) is 3.27. The molecule has 0 bridgehead atoms. The zero-order valence-corrected chi connectivity index (χ0v) is 17.2. The van der Waals surface area contributed by atoms with Gasteiger partial charge in [-0.15, -0.1) is 0 Å². The van der Waals surface area contributed by atoms with Gasteiger partial charge in [0.2, 0.25) is 10.0 Å². The monoisotopic (exact) mass is 418 g/mol. The zero-order chi connectivity index (χ0) is 20.9. The van der Waals surface area contributed by atoms with Gasteiger partial charge in [-0.3, -0.25) is 0 Å². The first kappa shape index (κ1) is 21.1. The number of ether oxygens (including phenoxy) is 1. The molecule has 0 spiro atoms. The van der Waals surface area contributed by atoms with Crippen molar-refractivity contribution in [2.24, 2.45) is 0 Å². The van der Waals surface area contributed by atoms with Gasteiger partial charge in [-0.1, -0.05) is 25.0 Å². The molecule has 0 aromatic heterocycles. The molecule has 29 heavy (non-hydrogen) atoms. The van der Waals surface area contributed by atoms with E-state index < -0.39 is 16.0 Å². The van der Waals surface area contributed by atoms with Gasteiger partial charge in [-0.25, -0.2) is 17.9 Å². The Morgan fingerprint density at radius 3 is 2.45 bits per heavy atom. The van der Waals surface area contributed by atoms with Crippen LogP contribution in [0, 0.1) is 0 Å². The summed E-state index contributed by atoms with van der Waals surface area (Å²) in [5, 5.41) is 12.4. The van der Waals surface area contributed by atoms with E-state index in [2.05, 4.69) is 10.0 Å². The van der Waals surface area contributed by atoms with E-state index in [0.29, 0.717) is 18.7 Å². The Kier molecular flexibility index (Phi) is 6.76. The first-order chi connectivity index (χ1) is 13.9. The Bertz CT molecular complexity index is 952. The quantitative estimate of drug-likeness (QED) is 0.577. The van der Waals surface area contributed by atoms with E-state index in [-0.39, 0.29) is 16.5 Å². The maximum atomic E-state index is 12.9. The third-order valence-corrected chi connectivity index (χ3v) is 6.64. The maximum Gasteiger partial charge on any atom is 0.335 e. The van der Waals surface area contributed by atoms with Crippen LogP contribution in [-0.4, -0.2) is 39.2 Å². The highest BCUT2D eigenvalue weighted by Crippen LogP contribution is 2.26. The van der Waals surface area contributed by atoms with Crippen LogP contribution in [0.3, 0.4) is 0 Å². The predicted molar refractivity (Wildman–Crippen MR) is 111 cm³/mol. The highest BCUT2D eigenvalue weighted by atomic mass is 32.2. The van der Waals surface area contributed by atoms with Crippen molar-refractivity contribution in [3.8, 4) is 5.75 Å². The van der Waals surface area contributed by atoms with Gasteiger partial charge < -0.3 is 15.2 Å². The lowest BCUT2D eigenvalue weighted by molar-refractivity contribution is 0.0696. The molecule has 3 rings (SSSR count). The van der Waals surface area contributed by atoms with Gasteiger partial charge in [0.15, 0.2) is 0 Å². The van der Waals surface area contributed by atoms with E-state index in [1.807, 2.05) is 24.3 Å². The topological polar surface area (TPSA) is 105 Å². The lowest BCUT2D eigenvalue weighted by Gasteiger charge is -2.17. The van der Waals surface area contributed by atoms with E-state index in [0.717, 1.165) is 37.0 Å². The summed E-state index contributed by atoms with van der Waals surface area (Å²) < 4.78 is 33.7. The van der Waals surface area contributed by atoms with Gasteiger partial charge in [0.25, 0.3) is 0 Å². The normalized spacial score (nSPS) is 14.7. The Balaban J connectivity index is 1.76. The van der Waals surface area contributed by atoms with Crippen LogP contribution >= 0.6 is 0 Å². The zero-order valence-electron chi connectivity index (χ0n) is 16.3. The number of aromatic carboxylic acids is 1. The van der Waals surface area contributed by atoms with Crippen molar-refractivity contribution in [1.82, 2.24) is 4.72 Å². The Labute approximate surface area is 171 Å². The van der Waals surface area contributed by atoms with Crippen molar-refractivity contribution in [2.45, 2.75) is 43.0 Å². The number of rotatable bonds is 9. The number of hydrogen-bond acceptors (Lipinski definition) is 5. The number of carboxylic acids is 1. The van der Waals surface area contributed by atoms with E-state index in [4.69, 9.17) is 4.74 Å². The molecule has 2 aromatic carbocycles. The van der Waals surface area contributed by atoms with Crippen molar-refractivity contribution in [1.29, 1.82) is 0 Å². The van der Waals surface area contributed by atoms with Crippen molar-refractivity contribution in [3.05, 3.63) is 53.6 Å². The lowest BCUT2D eigenvalue weighted by atomic mass is 10.1. The Morgan fingerprint density at radius 1 is 1.14 bits per heavy atom. The molecule has 1 saturated carbocycles. The summed E-state index contributed by atoms with van der Waals surface area (Å²) in [5.41, 5.74) is 1.42. The minimum absolute atomic E-state index is 0.0287. The van der Waals surface area contributed by atoms with Crippen LogP contribution in [0.2, 0.25) is 0 Å². The summed E-state index contributed by atoms with van der Waals surface area (Å²) >= 11 is 0. The van der Waals surface area contributed by atoms with Crippen molar-refractivity contribution < 1.29 is 23.1 Å². The highest BCUT2D eigenvalue weighted by molar-refractivity contribution is 7.89. The van der Waals surface area contributed by atoms with Crippen molar-refractivity contribution in [2.75, 3.05) is 19.0 Å². The molecule has 7 nitrogen and oxygen atoms in total. The largest absolute Gasteiger partial charge is 0.497 e. The molecular weight excluding hydrogens is 392 g/mol. The second kappa shape index (κ2) is 9.28. The molecule has 1 fully saturated rings. The summed E-state index contributed by atoms with van der Waals surface area (Å²) in [5.74, 6) is -0.385. The molecule has 3 N–H and O–H groups in total. The van der Waals surface area contributed by atoms with Crippen LogP contribution in [-0.2, 0) is 16.4 Å². The third kappa shape index (κ3) is 5.48. The summed E-state index contributed by atoms with van der Waals surface area (Å²) in [6.07, 6.45) is 4.28. The molecule has 0 unspecified atom stereocenters. The molecule has 0 atom stereocenters. The molecule has 8 heteroatoms. The third-order valence-electron chi connectivity index (χ3n) is 5.08. The van der Waals surface area contributed by atoms with Crippen molar-refractivity contribution in [3.63, 3.8) is 0 Å². The summed E-state index contributed by atoms with van der Waals surface area (Å²) in [6.45, 7) is 0.505. The molecule has 0 amide bonds. The van der Waals surface area contributed by atoms with Gasteiger partial charge in [0.05, 0.1) is 18.4 Å². The summed E-state index contributed by atoms with van der Waals surface area (Å²) in [4.78, 5) is 11.3. The number of carbonyl (C=O) groups is 1. The maximum absolute atomic E-state index is 12.9. The summed E-state index contributed by atoms with van der Waals surface area (Å²) in [7, 11) is -2.22. The summed E-state index contributed by atoms with van der Waals surface area (Å²) in [6, 6.07) is 11.7. The van der Waals surface area contributed by atoms with Crippen LogP contribution in [0.25, 0.3) is 0 Å². The van der Waals surface area contributed by atoms with Crippen LogP contribution in [0.1, 0.15) is 41.6 Å². The van der Waals surface area contributed by atoms with Gasteiger partial charge in [-0.05, 0) is 55.2 Å². The molecule has 0 aliphatic heterocycles. The Hall–Kier alpha value is -2.58. The minimum atomic E-state index is -3.83.